The fourth-order valence-electron chi connectivity index (χ4n) is 2.20. The molecule has 2 aromatic rings. The molecule has 25 heavy (non-hydrogen) atoms. The highest BCUT2D eigenvalue weighted by Crippen LogP contribution is 2.12. The van der Waals surface area contributed by atoms with Gasteiger partial charge in [0, 0.05) is 10.6 Å². The third-order valence-corrected chi connectivity index (χ3v) is 4.39. The summed E-state index contributed by atoms with van der Waals surface area (Å²) in [6.45, 7) is 0.121. The van der Waals surface area contributed by atoms with E-state index in [1.54, 1.807) is 54.2 Å². The molecule has 1 unspecified atom stereocenters. The topological polar surface area (TPSA) is 55.4 Å². The van der Waals surface area contributed by atoms with E-state index in [0.717, 1.165) is 11.3 Å². The summed E-state index contributed by atoms with van der Waals surface area (Å²) in [5, 5.41) is 3.35. The normalized spacial score (nSPS) is 11.6. The number of esters is 1. The molecule has 1 N–H and O–H groups in total. The average Bonchev–Trinajstić information content (AvgIpc) is 2.63. The predicted octanol–water partition coefficient (Wildman–Crippen LogP) is 3.93. The maximum absolute atomic E-state index is 12.4. The van der Waals surface area contributed by atoms with E-state index in [1.165, 1.54) is 0 Å². The molecule has 0 spiro atoms. The second-order valence-corrected chi connectivity index (χ2v) is 6.83. The molecular weight excluding hydrogens is 358 g/mol. The molecule has 0 bridgehead atoms. The number of halogens is 1. The fraction of sp³-hybridized carbons (Fsp3) is 0.263. The van der Waals surface area contributed by atoms with E-state index in [0.29, 0.717) is 17.0 Å². The van der Waals surface area contributed by atoms with Gasteiger partial charge in [0.15, 0.2) is 0 Å². The minimum Gasteiger partial charge on any atom is -0.459 e. The Kier molecular flexibility index (Phi) is 7.82. The molecule has 2 rings (SSSR count). The van der Waals surface area contributed by atoms with Crippen LogP contribution in [0, 0.1) is 0 Å². The molecule has 0 saturated carbocycles. The molecule has 4 nitrogen and oxygen atoms in total. The van der Waals surface area contributed by atoms with Crippen molar-refractivity contribution in [3.8, 4) is 0 Å². The van der Waals surface area contributed by atoms with Crippen molar-refractivity contribution in [1.29, 1.82) is 0 Å². The Balaban J connectivity index is 1.97. The van der Waals surface area contributed by atoms with Gasteiger partial charge >= 0.3 is 5.97 Å². The number of ether oxygens (including phenoxy) is 1. The SMILES string of the molecule is CSCCC(NC(=O)c1ccccc1)C(=O)OCc1cccc(Cl)c1. The summed E-state index contributed by atoms with van der Waals surface area (Å²) in [7, 11) is 0. The monoisotopic (exact) mass is 377 g/mol. The number of nitrogens with one attached hydrogen (secondary N) is 1. The van der Waals surface area contributed by atoms with Crippen molar-refractivity contribution in [3.63, 3.8) is 0 Å². The summed E-state index contributed by atoms with van der Waals surface area (Å²) in [5.74, 6) is 0.0103. The largest absolute Gasteiger partial charge is 0.459 e. The van der Waals surface area contributed by atoms with Crippen LogP contribution in [0.4, 0.5) is 0 Å². The van der Waals surface area contributed by atoms with Crippen LogP contribution in [0.1, 0.15) is 22.3 Å². The third-order valence-electron chi connectivity index (χ3n) is 3.51. The maximum atomic E-state index is 12.4. The molecular formula is C19H20ClNO3S. The standard InChI is InChI=1S/C19H20ClNO3S/c1-25-11-10-17(21-18(22)15-7-3-2-4-8-15)19(23)24-13-14-6-5-9-16(20)12-14/h2-9,12,17H,10-11,13H2,1H3,(H,21,22). The van der Waals surface area contributed by atoms with Gasteiger partial charge in [0.1, 0.15) is 12.6 Å². The lowest BCUT2D eigenvalue weighted by atomic mass is 10.1. The second kappa shape index (κ2) is 10.1. The lowest BCUT2D eigenvalue weighted by Gasteiger charge is -2.17. The number of amides is 1. The van der Waals surface area contributed by atoms with Gasteiger partial charge in [-0.1, -0.05) is 41.9 Å². The van der Waals surface area contributed by atoms with Crippen LogP contribution >= 0.6 is 23.4 Å². The van der Waals surface area contributed by atoms with Crippen LogP contribution in [0.2, 0.25) is 5.02 Å². The smallest absolute Gasteiger partial charge is 0.329 e. The number of carbonyl (C=O) groups is 2. The molecule has 0 radical (unpaired) electrons. The minimum absolute atomic E-state index is 0.121. The van der Waals surface area contributed by atoms with E-state index >= 15 is 0 Å². The first-order valence-corrected chi connectivity index (χ1v) is 9.63. The van der Waals surface area contributed by atoms with E-state index in [-0.39, 0.29) is 12.5 Å². The zero-order valence-electron chi connectivity index (χ0n) is 13.9. The maximum Gasteiger partial charge on any atom is 0.329 e. The van der Waals surface area contributed by atoms with Gasteiger partial charge in [-0.2, -0.15) is 11.8 Å². The Bertz CT molecular complexity index is 709. The van der Waals surface area contributed by atoms with Gasteiger partial charge in [-0.05, 0) is 48.3 Å². The molecule has 132 valence electrons. The molecule has 0 saturated heterocycles. The van der Waals surface area contributed by atoms with Gasteiger partial charge in [-0.25, -0.2) is 4.79 Å². The average molecular weight is 378 g/mol. The fourth-order valence-corrected chi connectivity index (χ4v) is 2.88. The Morgan fingerprint density at radius 2 is 1.92 bits per heavy atom. The van der Waals surface area contributed by atoms with Gasteiger partial charge in [-0.3, -0.25) is 4.79 Å². The van der Waals surface area contributed by atoms with Crippen molar-refractivity contribution in [1.82, 2.24) is 5.32 Å². The van der Waals surface area contributed by atoms with Crippen LogP contribution in [-0.4, -0.2) is 29.9 Å². The zero-order chi connectivity index (χ0) is 18.1. The molecule has 6 heteroatoms. The van der Waals surface area contributed by atoms with E-state index in [1.807, 2.05) is 18.4 Å². The highest BCUT2D eigenvalue weighted by Gasteiger charge is 2.22. The lowest BCUT2D eigenvalue weighted by Crippen LogP contribution is -2.42. The highest BCUT2D eigenvalue weighted by molar-refractivity contribution is 7.98. The van der Waals surface area contributed by atoms with E-state index in [2.05, 4.69) is 5.32 Å². The van der Waals surface area contributed by atoms with Crippen molar-refractivity contribution >= 4 is 35.2 Å². The van der Waals surface area contributed by atoms with Crippen molar-refractivity contribution < 1.29 is 14.3 Å². The first kappa shape index (κ1) is 19.3. The van der Waals surface area contributed by atoms with Crippen molar-refractivity contribution in [2.75, 3.05) is 12.0 Å². The van der Waals surface area contributed by atoms with Crippen LogP contribution < -0.4 is 5.32 Å². The molecule has 0 aliphatic heterocycles. The van der Waals surface area contributed by atoms with Crippen molar-refractivity contribution in [2.45, 2.75) is 19.1 Å². The van der Waals surface area contributed by atoms with E-state index in [4.69, 9.17) is 16.3 Å². The number of benzene rings is 2. The second-order valence-electron chi connectivity index (χ2n) is 5.41. The zero-order valence-corrected chi connectivity index (χ0v) is 15.5. The molecule has 0 aromatic heterocycles. The van der Waals surface area contributed by atoms with Crippen LogP contribution in [0.15, 0.2) is 54.6 Å². The molecule has 0 aliphatic carbocycles. The lowest BCUT2D eigenvalue weighted by molar-refractivity contribution is -0.147. The molecule has 0 heterocycles. The van der Waals surface area contributed by atoms with Gasteiger partial charge in [0.25, 0.3) is 5.91 Å². The molecule has 2 aromatic carbocycles. The Labute approximate surface area is 156 Å². The summed E-state index contributed by atoms with van der Waals surface area (Å²) in [6, 6.07) is 15.3. The van der Waals surface area contributed by atoms with Crippen LogP contribution in [0.3, 0.4) is 0 Å². The van der Waals surface area contributed by atoms with Gasteiger partial charge in [-0.15, -0.1) is 0 Å². The van der Waals surface area contributed by atoms with E-state index in [9.17, 15) is 9.59 Å². The Morgan fingerprint density at radius 3 is 2.60 bits per heavy atom. The molecule has 0 aliphatic rings. The highest BCUT2D eigenvalue weighted by atomic mass is 35.5. The van der Waals surface area contributed by atoms with Gasteiger partial charge in [0.05, 0.1) is 0 Å². The van der Waals surface area contributed by atoms with Crippen molar-refractivity contribution in [2.24, 2.45) is 0 Å². The first-order chi connectivity index (χ1) is 12.1. The summed E-state index contributed by atoms with van der Waals surface area (Å²) in [5.41, 5.74) is 1.32. The quantitative estimate of drug-likeness (QED) is 0.708. The van der Waals surface area contributed by atoms with Crippen LogP contribution in [-0.2, 0) is 16.1 Å². The number of rotatable bonds is 8. The summed E-state index contributed by atoms with van der Waals surface area (Å²) in [6.07, 6.45) is 2.46. The predicted molar refractivity (Wildman–Crippen MR) is 102 cm³/mol. The molecule has 0 fully saturated rings. The van der Waals surface area contributed by atoms with Crippen LogP contribution in [0.5, 0.6) is 0 Å². The summed E-state index contributed by atoms with van der Waals surface area (Å²) >= 11 is 7.54. The van der Waals surface area contributed by atoms with Crippen molar-refractivity contribution in [3.05, 3.63) is 70.7 Å². The summed E-state index contributed by atoms with van der Waals surface area (Å²) in [4.78, 5) is 24.7. The number of thioether (sulfide) groups is 1. The summed E-state index contributed by atoms with van der Waals surface area (Å²) < 4.78 is 5.36. The number of carbonyl (C=O) groups excluding carboxylic acids is 2. The molecule has 1 amide bonds. The van der Waals surface area contributed by atoms with E-state index < -0.39 is 12.0 Å². The Hall–Kier alpha value is -1.98. The number of hydrogen-bond donors (Lipinski definition) is 1. The van der Waals surface area contributed by atoms with Gasteiger partial charge in [0.2, 0.25) is 0 Å². The minimum atomic E-state index is -0.681. The molecule has 1 atom stereocenters. The van der Waals surface area contributed by atoms with Crippen LogP contribution in [0.25, 0.3) is 0 Å². The van der Waals surface area contributed by atoms with Gasteiger partial charge < -0.3 is 10.1 Å². The first-order valence-electron chi connectivity index (χ1n) is 7.86. The number of hydrogen-bond acceptors (Lipinski definition) is 4. The third kappa shape index (κ3) is 6.44. The Morgan fingerprint density at radius 1 is 1.16 bits per heavy atom.